The van der Waals surface area contributed by atoms with Crippen LogP contribution in [0.5, 0.6) is 0 Å². The molecule has 1 heterocycles. The molecule has 2 N–H and O–H groups in total. The van der Waals surface area contributed by atoms with Gasteiger partial charge in [0.25, 0.3) is 0 Å². The summed E-state index contributed by atoms with van der Waals surface area (Å²) in [5, 5.41) is 4.96. The summed E-state index contributed by atoms with van der Waals surface area (Å²) in [5.74, 6) is 6.17. The van der Waals surface area contributed by atoms with Crippen LogP contribution in [0.1, 0.15) is 29.7 Å². The van der Waals surface area contributed by atoms with E-state index in [0.717, 1.165) is 50.9 Å². The van der Waals surface area contributed by atoms with Crippen LogP contribution in [0.4, 0.5) is 10.5 Å². The van der Waals surface area contributed by atoms with Crippen molar-refractivity contribution in [2.45, 2.75) is 26.4 Å². The van der Waals surface area contributed by atoms with Crippen LogP contribution in [-0.2, 0) is 16.1 Å². The first kappa shape index (κ1) is 27.6. The molecule has 1 aliphatic carbocycles. The molecule has 5 rings (SSSR count). The number of nitrogens with zero attached hydrogens (tertiary/aromatic N) is 1. The van der Waals surface area contributed by atoms with E-state index in [1.54, 1.807) is 0 Å². The Morgan fingerprint density at radius 1 is 1.11 bits per heavy atom. The number of nitrogens with one attached hydrogen (secondary N) is 1. The number of ether oxygens (including phenoxy) is 1. The van der Waals surface area contributed by atoms with E-state index in [-0.39, 0.29) is 41.6 Å². The SMILES string of the molecule is Cc1nsc(-c2ccc3cc(C#CC4([C-]=O)CC4)ccc3c2)c1NC(=O)OCc1ccccc1.[Na+].[OH-]. The molecule has 0 unspecified atom stereocenters. The number of anilines is 1. The molecule has 1 saturated carbocycles. The van der Waals surface area contributed by atoms with E-state index in [2.05, 4.69) is 33.9 Å². The molecule has 3 aromatic carbocycles. The fourth-order valence-corrected chi connectivity index (χ4v) is 4.45. The Hall–Kier alpha value is -2.99. The summed E-state index contributed by atoms with van der Waals surface area (Å²) in [7, 11) is 0. The van der Waals surface area contributed by atoms with Crippen molar-refractivity contribution in [3.05, 3.63) is 83.6 Å². The Kier molecular flexibility index (Phi) is 9.07. The van der Waals surface area contributed by atoms with E-state index in [9.17, 15) is 9.59 Å². The van der Waals surface area contributed by atoms with Crippen molar-refractivity contribution in [2.24, 2.45) is 5.41 Å². The average molecular weight is 506 g/mol. The minimum absolute atomic E-state index is 0. The van der Waals surface area contributed by atoms with Gasteiger partial charge >= 0.3 is 35.7 Å². The number of hydrogen-bond donors (Lipinski definition) is 1. The normalized spacial score (nSPS) is 12.8. The van der Waals surface area contributed by atoms with Crippen molar-refractivity contribution in [3.63, 3.8) is 0 Å². The quantitative estimate of drug-likeness (QED) is 0.255. The predicted octanol–water partition coefficient (Wildman–Crippen LogP) is 3.09. The number of benzene rings is 3. The Bertz CT molecular complexity index is 1450. The first-order valence-electron chi connectivity index (χ1n) is 11.0. The summed E-state index contributed by atoms with van der Waals surface area (Å²) in [5.41, 5.74) is 3.61. The van der Waals surface area contributed by atoms with Gasteiger partial charge in [-0.25, -0.2) is 11.1 Å². The summed E-state index contributed by atoms with van der Waals surface area (Å²) >= 11 is 1.34. The number of amides is 1. The standard InChI is InChI=1S/C28H21N2O3S.Na.H2O/c1-19-25(29-27(32)33-17-21-5-3-2-4-6-21)26(34-30-19)24-10-9-22-15-20(7-8-23(22)16-24)11-12-28(18-31)13-14-28;;/h2-10,15-16H,13-14,17H2,1H3,(H,29,32);;1H2/q-1;+1;/p-1. The molecule has 8 heteroatoms. The average Bonchev–Trinajstić information content (AvgIpc) is 3.58. The smallest absolute Gasteiger partial charge is 0.870 e. The van der Waals surface area contributed by atoms with E-state index in [4.69, 9.17) is 4.74 Å². The number of aromatic nitrogens is 1. The molecule has 1 fully saturated rings. The molecule has 1 aliphatic rings. The largest absolute Gasteiger partial charge is 1.00 e. The molecule has 0 radical (unpaired) electrons. The number of fused-ring (bicyclic) bond motifs is 1. The van der Waals surface area contributed by atoms with Gasteiger partial charge in [-0.3, -0.25) is 5.32 Å². The molecule has 176 valence electrons. The number of aryl methyl sites for hydroxylation is 1. The van der Waals surface area contributed by atoms with Gasteiger partial charge < -0.3 is 15.0 Å². The molecular formula is C28H22N2NaO4S-. The van der Waals surface area contributed by atoms with Crippen LogP contribution in [0.15, 0.2) is 66.7 Å². The van der Waals surface area contributed by atoms with Crippen molar-refractivity contribution < 1.29 is 49.4 Å². The monoisotopic (exact) mass is 505 g/mol. The number of carbonyl (C=O) groups excluding carboxylic acids is 2. The first-order chi connectivity index (χ1) is 16.5. The van der Waals surface area contributed by atoms with Gasteiger partial charge in [0.15, 0.2) is 0 Å². The third kappa shape index (κ3) is 6.22. The molecule has 0 spiro atoms. The molecule has 36 heavy (non-hydrogen) atoms. The van der Waals surface area contributed by atoms with Crippen LogP contribution < -0.4 is 34.9 Å². The Morgan fingerprint density at radius 3 is 2.56 bits per heavy atom. The number of rotatable bonds is 5. The maximum Gasteiger partial charge on any atom is 1.00 e. The predicted molar refractivity (Wildman–Crippen MR) is 136 cm³/mol. The molecule has 1 amide bonds. The minimum Gasteiger partial charge on any atom is -0.870 e. The molecule has 0 aliphatic heterocycles. The van der Waals surface area contributed by atoms with Gasteiger partial charge in [0.2, 0.25) is 0 Å². The molecular weight excluding hydrogens is 483 g/mol. The summed E-state index contributed by atoms with van der Waals surface area (Å²) < 4.78 is 9.82. The van der Waals surface area contributed by atoms with Crippen molar-refractivity contribution in [1.29, 1.82) is 0 Å². The fourth-order valence-electron chi connectivity index (χ4n) is 3.61. The Labute approximate surface area is 235 Å². The van der Waals surface area contributed by atoms with Crippen molar-refractivity contribution in [2.75, 3.05) is 5.32 Å². The third-order valence-corrected chi connectivity index (χ3v) is 6.78. The maximum atomic E-state index is 12.4. The zero-order valence-corrected chi connectivity index (χ0v) is 22.8. The van der Waals surface area contributed by atoms with Gasteiger partial charge in [0, 0.05) is 5.56 Å². The number of carbonyl (C=O) groups is 1. The van der Waals surface area contributed by atoms with Gasteiger partial charge in [0.05, 0.1) is 16.3 Å². The van der Waals surface area contributed by atoms with Crippen LogP contribution in [0.3, 0.4) is 0 Å². The second kappa shape index (κ2) is 11.8. The van der Waals surface area contributed by atoms with Crippen LogP contribution in [-0.4, -0.2) is 22.2 Å². The van der Waals surface area contributed by atoms with Crippen LogP contribution in [0.2, 0.25) is 0 Å². The third-order valence-electron chi connectivity index (χ3n) is 5.80. The Balaban J connectivity index is 0.00000180. The summed E-state index contributed by atoms with van der Waals surface area (Å²) in [6.07, 6.45) is 3.13. The van der Waals surface area contributed by atoms with Gasteiger partial charge in [0.1, 0.15) is 6.61 Å². The van der Waals surface area contributed by atoms with Crippen molar-refractivity contribution >= 4 is 40.4 Å². The van der Waals surface area contributed by atoms with Crippen LogP contribution >= 0.6 is 11.5 Å². The van der Waals surface area contributed by atoms with Gasteiger partial charge in [-0.15, -0.1) is 5.92 Å². The first-order valence-corrected chi connectivity index (χ1v) is 11.7. The molecule has 4 aromatic rings. The molecule has 6 nitrogen and oxygen atoms in total. The van der Waals surface area contributed by atoms with E-state index in [1.165, 1.54) is 11.5 Å². The molecule has 0 saturated heterocycles. The van der Waals surface area contributed by atoms with Gasteiger partial charge in [-0.2, -0.15) is 4.37 Å². The fraction of sp³-hybridized carbons (Fsp3) is 0.179. The van der Waals surface area contributed by atoms with E-state index in [1.807, 2.05) is 67.6 Å². The van der Waals surface area contributed by atoms with Gasteiger partial charge in [-0.05, 0) is 58.6 Å². The minimum atomic E-state index is -0.547. The van der Waals surface area contributed by atoms with E-state index in [0.29, 0.717) is 5.69 Å². The zero-order chi connectivity index (χ0) is 23.5. The van der Waals surface area contributed by atoms with E-state index < -0.39 is 11.5 Å². The molecule has 0 bridgehead atoms. The summed E-state index contributed by atoms with van der Waals surface area (Å²) in [4.78, 5) is 24.3. The van der Waals surface area contributed by atoms with Crippen molar-refractivity contribution in [1.82, 2.24) is 4.37 Å². The topological polar surface area (TPSA) is 98.3 Å². The molecule has 0 atom stereocenters. The van der Waals surface area contributed by atoms with E-state index >= 15 is 0 Å². The maximum absolute atomic E-state index is 12.4. The number of hydrogen-bond acceptors (Lipinski definition) is 6. The summed E-state index contributed by atoms with van der Waals surface area (Å²) in [6.45, 7) is 2.06. The van der Waals surface area contributed by atoms with Gasteiger partial charge in [-0.1, -0.05) is 72.7 Å². The molecule has 1 aromatic heterocycles. The van der Waals surface area contributed by atoms with Crippen molar-refractivity contribution in [3.8, 4) is 22.3 Å². The summed E-state index contributed by atoms with van der Waals surface area (Å²) in [6, 6.07) is 21.7. The second-order valence-corrected chi connectivity index (χ2v) is 9.14. The van der Waals surface area contributed by atoms with Crippen LogP contribution in [0.25, 0.3) is 21.2 Å². The Morgan fingerprint density at radius 2 is 1.83 bits per heavy atom. The second-order valence-electron chi connectivity index (χ2n) is 8.37. The zero-order valence-electron chi connectivity index (χ0n) is 20.0. The van der Waals surface area contributed by atoms with Crippen LogP contribution in [0, 0.1) is 24.2 Å².